The molecule has 0 saturated carbocycles. The monoisotopic (exact) mass is 401 g/mol. The molecule has 3 aliphatic rings. The zero-order valence-corrected chi connectivity index (χ0v) is 17.0. The van der Waals surface area contributed by atoms with Gasteiger partial charge in [0.1, 0.15) is 0 Å². The molecule has 0 bridgehead atoms. The molecule has 8 heteroatoms. The fourth-order valence-electron chi connectivity index (χ4n) is 4.32. The highest BCUT2D eigenvalue weighted by atomic mass is 32.1. The van der Waals surface area contributed by atoms with Gasteiger partial charge in [-0.15, -0.1) is 11.3 Å². The van der Waals surface area contributed by atoms with E-state index < -0.39 is 6.10 Å². The summed E-state index contributed by atoms with van der Waals surface area (Å²) in [6.45, 7) is 3.31. The van der Waals surface area contributed by atoms with E-state index >= 15 is 0 Å². The summed E-state index contributed by atoms with van der Waals surface area (Å²) in [5.41, 5.74) is 3.42. The van der Waals surface area contributed by atoms with Crippen molar-refractivity contribution in [3.8, 4) is 10.6 Å². The third kappa shape index (κ3) is 3.54. The largest absolute Gasteiger partial charge is 0.389 e. The van der Waals surface area contributed by atoms with Gasteiger partial charge in [-0.1, -0.05) is 0 Å². The molecule has 0 aromatic carbocycles. The number of ether oxygens (including phenoxy) is 1. The molecule has 2 aromatic heterocycles. The number of aliphatic hydroxyl groups excluding tert-OH is 1. The van der Waals surface area contributed by atoms with Crippen LogP contribution in [0.25, 0.3) is 10.6 Å². The second-order valence-corrected chi connectivity index (χ2v) is 9.19. The fourth-order valence-corrected chi connectivity index (χ4v) is 5.63. The van der Waals surface area contributed by atoms with E-state index in [1.807, 2.05) is 17.5 Å². The zero-order valence-electron chi connectivity index (χ0n) is 16.2. The minimum Gasteiger partial charge on any atom is -0.389 e. The first-order valence-corrected chi connectivity index (χ1v) is 11.1. The molecular weight excluding hydrogens is 374 g/mol. The standard InChI is InChI=1S/C20H27N5O2S/c1-25-7-4-12(5-8-25)19-22-15-3-2-13-10-21-20(24-17(13)18(15)28-19)23-14-6-9-27-11-16(14)26/h10,12,14,16,26H,2-9,11H2,1H3,(H,21,23,24)/t14-,16-/m1/s1. The number of hydrogen-bond donors (Lipinski definition) is 2. The van der Waals surface area contributed by atoms with Gasteiger partial charge < -0.3 is 20.1 Å². The summed E-state index contributed by atoms with van der Waals surface area (Å²) >= 11 is 1.82. The topological polar surface area (TPSA) is 83.4 Å². The van der Waals surface area contributed by atoms with Crippen molar-refractivity contribution in [1.29, 1.82) is 0 Å². The van der Waals surface area contributed by atoms with E-state index in [1.165, 1.54) is 34.0 Å². The number of hydrogen-bond acceptors (Lipinski definition) is 8. The van der Waals surface area contributed by atoms with Crippen molar-refractivity contribution in [2.24, 2.45) is 0 Å². The average Bonchev–Trinajstić information content (AvgIpc) is 3.15. The SMILES string of the molecule is CN1CCC(c2nc3c(s2)-c2nc(N[C@@H]4CCOC[C@H]4O)ncc2CC3)CC1. The lowest BCUT2D eigenvalue weighted by atomic mass is 9.97. The molecule has 2 aromatic rings. The van der Waals surface area contributed by atoms with Gasteiger partial charge in [-0.2, -0.15) is 0 Å². The van der Waals surface area contributed by atoms with Crippen LogP contribution in [-0.2, 0) is 17.6 Å². The Morgan fingerprint density at radius 3 is 2.89 bits per heavy atom. The number of likely N-dealkylation sites (tertiary alicyclic amines) is 1. The van der Waals surface area contributed by atoms with Crippen molar-refractivity contribution < 1.29 is 9.84 Å². The van der Waals surface area contributed by atoms with Gasteiger partial charge in [0.05, 0.1) is 40.0 Å². The molecule has 0 radical (unpaired) electrons. The van der Waals surface area contributed by atoms with E-state index in [9.17, 15) is 5.11 Å². The predicted octanol–water partition coefficient (Wildman–Crippen LogP) is 2.07. The Morgan fingerprint density at radius 1 is 1.21 bits per heavy atom. The molecule has 2 fully saturated rings. The highest BCUT2D eigenvalue weighted by Gasteiger charge is 2.29. The predicted molar refractivity (Wildman–Crippen MR) is 109 cm³/mol. The Hall–Kier alpha value is -1.61. The maximum absolute atomic E-state index is 10.1. The minimum atomic E-state index is -0.525. The second-order valence-electron chi connectivity index (χ2n) is 8.15. The van der Waals surface area contributed by atoms with Crippen molar-refractivity contribution in [3.05, 3.63) is 22.5 Å². The number of piperidine rings is 1. The van der Waals surface area contributed by atoms with Gasteiger partial charge in [0.15, 0.2) is 0 Å². The van der Waals surface area contributed by atoms with Gasteiger partial charge in [0.2, 0.25) is 5.95 Å². The van der Waals surface area contributed by atoms with Crippen LogP contribution in [0.4, 0.5) is 5.95 Å². The molecule has 0 spiro atoms. The summed E-state index contributed by atoms with van der Waals surface area (Å²) in [7, 11) is 2.19. The molecule has 1 aliphatic carbocycles. The molecule has 2 N–H and O–H groups in total. The van der Waals surface area contributed by atoms with E-state index in [4.69, 9.17) is 14.7 Å². The van der Waals surface area contributed by atoms with Crippen molar-refractivity contribution >= 4 is 17.3 Å². The number of aryl methyl sites for hydroxylation is 2. The number of rotatable bonds is 3. The van der Waals surface area contributed by atoms with Crippen LogP contribution in [0.3, 0.4) is 0 Å². The average molecular weight is 402 g/mol. The normalized spacial score (nSPS) is 25.9. The Bertz CT molecular complexity index is 849. The van der Waals surface area contributed by atoms with E-state index in [0.717, 1.165) is 38.0 Å². The summed E-state index contributed by atoms with van der Waals surface area (Å²) in [6, 6.07) is -0.0638. The zero-order chi connectivity index (χ0) is 19.1. The Labute approximate surface area is 169 Å². The molecule has 2 aliphatic heterocycles. The van der Waals surface area contributed by atoms with Gasteiger partial charge in [-0.05, 0) is 57.8 Å². The smallest absolute Gasteiger partial charge is 0.223 e. The van der Waals surface area contributed by atoms with E-state index in [1.54, 1.807) is 0 Å². The van der Waals surface area contributed by atoms with E-state index in [2.05, 4.69) is 22.2 Å². The first kappa shape index (κ1) is 18.4. The molecule has 28 heavy (non-hydrogen) atoms. The molecule has 2 atom stereocenters. The van der Waals surface area contributed by atoms with Crippen LogP contribution in [0.1, 0.15) is 41.4 Å². The lowest BCUT2D eigenvalue weighted by Crippen LogP contribution is -2.42. The van der Waals surface area contributed by atoms with Crippen LogP contribution >= 0.6 is 11.3 Å². The molecule has 150 valence electrons. The van der Waals surface area contributed by atoms with Gasteiger partial charge in [0, 0.05) is 18.7 Å². The third-order valence-electron chi connectivity index (χ3n) is 6.13. The molecule has 7 nitrogen and oxygen atoms in total. The van der Waals surface area contributed by atoms with Crippen LogP contribution in [-0.4, -0.2) is 70.5 Å². The summed E-state index contributed by atoms with van der Waals surface area (Å²) < 4.78 is 5.31. The summed E-state index contributed by atoms with van der Waals surface area (Å²) in [5.74, 6) is 1.17. The van der Waals surface area contributed by atoms with Crippen LogP contribution in [0.2, 0.25) is 0 Å². The number of thiazole rings is 1. The minimum absolute atomic E-state index is 0.0638. The molecule has 0 amide bonds. The number of nitrogens with one attached hydrogen (secondary N) is 1. The summed E-state index contributed by atoms with van der Waals surface area (Å²) in [4.78, 5) is 18.0. The fraction of sp³-hybridized carbons (Fsp3) is 0.650. The molecular formula is C20H27N5O2S. The van der Waals surface area contributed by atoms with Gasteiger partial charge in [-0.3, -0.25) is 0 Å². The third-order valence-corrected chi connectivity index (χ3v) is 7.40. The van der Waals surface area contributed by atoms with E-state index in [0.29, 0.717) is 25.1 Å². The lowest BCUT2D eigenvalue weighted by molar-refractivity contribution is -0.0136. The van der Waals surface area contributed by atoms with Gasteiger partial charge in [-0.25, -0.2) is 15.0 Å². The lowest BCUT2D eigenvalue weighted by Gasteiger charge is -2.28. The van der Waals surface area contributed by atoms with Gasteiger partial charge in [0.25, 0.3) is 0 Å². The number of anilines is 1. The Morgan fingerprint density at radius 2 is 2.07 bits per heavy atom. The van der Waals surface area contributed by atoms with Crippen LogP contribution in [0.5, 0.6) is 0 Å². The highest BCUT2D eigenvalue weighted by Crippen LogP contribution is 2.41. The Kier molecular flexibility index (Phi) is 5.04. The molecule has 4 heterocycles. The first-order valence-electron chi connectivity index (χ1n) is 10.2. The van der Waals surface area contributed by atoms with Crippen LogP contribution < -0.4 is 5.32 Å². The Balaban J connectivity index is 1.40. The first-order chi connectivity index (χ1) is 13.7. The highest BCUT2D eigenvalue weighted by molar-refractivity contribution is 7.15. The van der Waals surface area contributed by atoms with Crippen LogP contribution in [0, 0.1) is 0 Å². The van der Waals surface area contributed by atoms with Crippen LogP contribution in [0.15, 0.2) is 6.20 Å². The number of aromatic nitrogens is 3. The number of fused-ring (bicyclic) bond motifs is 3. The summed E-state index contributed by atoms with van der Waals surface area (Å²) in [6.07, 6.45) is 6.46. The van der Waals surface area contributed by atoms with Crippen molar-refractivity contribution in [2.45, 2.75) is 50.2 Å². The van der Waals surface area contributed by atoms with Gasteiger partial charge >= 0.3 is 0 Å². The number of nitrogens with zero attached hydrogens (tertiary/aromatic N) is 4. The quantitative estimate of drug-likeness (QED) is 0.815. The van der Waals surface area contributed by atoms with E-state index in [-0.39, 0.29) is 6.04 Å². The maximum atomic E-state index is 10.1. The molecule has 0 unspecified atom stereocenters. The molecule has 2 saturated heterocycles. The summed E-state index contributed by atoms with van der Waals surface area (Å²) in [5, 5.41) is 14.7. The van der Waals surface area contributed by atoms with Crippen molar-refractivity contribution in [2.75, 3.05) is 38.7 Å². The molecule has 5 rings (SSSR count). The van der Waals surface area contributed by atoms with Crippen molar-refractivity contribution in [1.82, 2.24) is 19.9 Å². The maximum Gasteiger partial charge on any atom is 0.223 e. The van der Waals surface area contributed by atoms with Crippen molar-refractivity contribution in [3.63, 3.8) is 0 Å². The number of aliphatic hydroxyl groups is 1. The second kappa shape index (κ2) is 7.67.